The average Bonchev–Trinajstić information content (AvgIpc) is 2.77. The number of aromatic nitrogens is 1. The molecule has 0 bridgehead atoms. The number of rotatable bonds is 5. The zero-order valence-corrected chi connectivity index (χ0v) is 10.1. The number of carboxylic acid groups (broad SMARTS) is 1. The minimum Gasteiger partial charge on any atom is -0.478 e. The molecule has 5 nitrogen and oxygen atoms in total. The minimum absolute atomic E-state index is 0.0149. The predicted octanol–water partition coefficient (Wildman–Crippen LogP) is 2.74. The molecule has 0 aliphatic rings. The lowest BCUT2D eigenvalue weighted by Crippen LogP contribution is -2.01. The van der Waals surface area contributed by atoms with E-state index in [9.17, 15) is 4.79 Å². The van der Waals surface area contributed by atoms with Crippen LogP contribution in [0.4, 0.5) is 0 Å². The molecule has 1 aromatic carbocycles. The van der Waals surface area contributed by atoms with E-state index in [0.29, 0.717) is 11.6 Å². The van der Waals surface area contributed by atoms with Gasteiger partial charge in [-0.15, -0.1) is 0 Å². The monoisotopic (exact) mass is 267 g/mol. The smallest absolute Gasteiger partial charge is 0.341 e. The summed E-state index contributed by atoms with van der Waals surface area (Å²) in [4.78, 5) is 10.8. The van der Waals surface area contributed by atoms with Crippen LogP contribution in [0.1, 0.15) is 21.7 Å². The van der Waals surface area contributed by atoms with Crippen LogP contribution in [0.2, 0.25) is 5.02 Å². The van der Waals surface area contributed by atoms with Gasteiger partial charge in [-0.05, 0) is 17.7 Å². The highest BCUT2D eigenvalue weighted by atomic mass is 35.5. The molecule has 0 aliphatic heterocycles. The van der Waals surface area contributed by atoms with Crippen LogP contribution in [0, 0.1) is 0 Å². The fourth-order valence-corrected chi connectivity index (χ4v) is 1.64. The Kier molecular flexibility index (Phi) is 3.96. The lowest BCUT2D eigenvalue weighted by Gasteiger charge is -2.03. The van der Waals surface area contributed by atoms with Crippen molar-refractivity contribution in [1.82, 2.24) is 5.16 Å². The van der Waals surface area contributed by atoms with Crippen LogP contribution in [0.3, 0.4) is 0 Å². The second-order valence-electron chi connectivity index (χ2n) is 3.59. The second kappa shape index (κ2) is 5.66. The number of carboxylic acids is 1. The summed E-state index contributed by atoms with van der Waals surface area (Å²) in [5, 5.41) is 12.9. The Labute approximate surface area is 108 Å². The lowest BCUT2D eigenvalue weighted by molar-refractivity contribution is 0.0667. The number of ether oxygens (including phenoxy) is 1. The molecule has 0 fully saturated rings. The van der Waals surface area contributed by atoms with Gasteiger partial charge in [-0.2, -0.15) is 0 Å². The van der Waals surface area contributed by atoms with Crippen molar-refractivity contribution in [2.45, 2.75) is 13.2 Å². The average molecular weight is 268 g/mol. The van der Waals surface area contributed by atoms with Crippen molar-refractivity contribution < 1.29 is 19.2 Å². The maximum atomic E-state index is 10.8. The van der Waals surface area contributed by atoms with E-state index in [4.69, 9.17) is 26.0 Å². The lowest BCUT2D eigenvalue weighted by atomic mass is 10.2. The highest BCUT2D eigenvalue weighted by molar-refractivity contribution is 6.30. The molecule has 2 aromatic rings. The number of benzene rings is 1. The Morgan fingerprint density at radius 2 is 2.28 bits per heavy atom. The Morgan fingerprint density at radius 3 is 3.00 bits per heavy atom. The van der Waals surface area contributed by atoms with Gasteiger partial charge in [-0.3, -0.25) is 0 Å². The number of carbonyl (C=O) groups is 1. The van der Waals surface area contributed by atoms with Crippen molar-refractivity contribution in [3.05, 3.63) is 52.4 Å². The zero-order chi connectivity index (χ0) is 13.0. The molecule has 94 valence electrons. The van der Waals surface area contributed by atoms with E-state index in [-0.39, 0.29) is 17.9 Å². The molecule has 6 heteroatoms. The molecular formula is C12H10ClNO4. The Bertz CT molecular complexity index is 553. The van der Waals surface area contributed by atoms with Gasteiger partial charge in [-0.25, -0.2) is 4.79 Å². The SMILES string of the molecule is O=C(O)c1cnoc1COCc1cccc(Cl)c1. The topological polar surface area (TPSA) is 72.6 Å². The summed E-state index contributed by atoms with van der Waals surface area (Å²) in [6.07, 6.45) is 1.15. The summed E-state index contributed by atoms with van der Waals surface area (Å²) in [6.45, 7) is 0.370. The maximum Gasteiger partial charge on any atom is 0.341 e. The molecule has 0 spiro atoms. The third kappa shape index (κ3) is 3.09. The molecule has 1 heterocycles. The first-order valence-corrected chi connectivity index (χ1v) is 5.53. The van der Waals surface area contributed by atoms with Crippen molar-refractivity contribution in [2.75, 3.05) is 0 Å². The number of aromatic carboxylic acids is 1. The third-order valence-electron chi connectivity index (χ3n) is 2.27. The Balaban J connectivity index is 1.92. The molecular weight excluding hydrogens is 258 g/mol. The van der Waals surface area contributed by atoms with Crippen molar-refractivity contribution in [3.63, 3.8) is 0 Å². The van der Waals surface area contributed by atoms with Gasteiger partial charge < -0.3 is 14.4 Å². The van der Waals surface area contributed by atoms with Crippen molar-refractivity contribution in [2.24, 2.45) is 0 Å². The maximum absolute atomic E-state index is 10.8. The second-order valence-corrected chi connectivity index (χ2v) is 4.03. The van der Waals surface area contributed by atoms with E-state index < -0.39 is 5.97 Å². The van der Waals surface area contributed by atoms with Gasteiger partial charge in [0, 0.05) is 5.02 Å². The molecule has 0 amide bonds. The van der Waals surface area contributed by atoms with E-state index in [1.807, 2.05) is 12.1 Å². The highest BCUT2D eigenvalue weighted by Crippen LogP contribution is 2.14. The van der Waals surface area contributed by atoms with Crippen LogP contribution in [0.5, 0.6) is 0 Å². The molecule has 0 saturated heterocycles. The largest absolute Gasteiger partial charge is 0.478 e. The van der Waals surface area contributed by atoms with E-state index in [1.165, 1.54) is 0 Å². The van der Waals surface area contributed by atoms with E-state index in [2.05, 4.69) is 5.16 Å². The summed E-state index contributed by atoms with van der Waals surface area (Å²) in [7, 11) is 0. The predicted molar refractivity (Wildman–Crippen MR) is 63.4 cm³/mol. The van der Waals surface area contributed by atoms with Gasteiger partial charge in [-0.1, -0.05) is 28.9 Å². The van der Waals surface area contributed by atoms with E-state index >= 15 is 0 Å². The van der Waals surface area contributed by atoms with Crippen LogP contribution in [0.15, 0.2) is 35.0 Å². The normalized spacial score (nSPS) is 10.5. The molecule has 0 aliphatic carbocycles. The Hall–Kier alpha value is -1.85. The van der Waals surface area contributed by atoms with Crippen LogP contribution in [-0.2, 0) is 18.0 Å². The van der Waals surface area contributed by atoms with Crippen LogP contribution in [-0.4, -0.2) is 16.2 Å². The van der Waals surface area contributed by atoms with Crippen LogP contribution in [0.25, 0.3) is 0 Å². The zero-order valence-electron chi connectivity index (χ0n) is 9.30. The van der Waals surface area contributed by atoms with Gasteiger partial charge >= 0.3 is 5.97 Å². The van der Waals surface area contributed by atoms with Crippen LogP contribution >= 0.6 is 11.6 Å². The molecule has 0 atom stereocenters. The summed E-state index contributed by atoms with van der Waals surface area (Å²) in [5.74, 6) is -0.887. The highest BCUT2D eigenvalue weighted by Gasteiger charge is 2.14. The van der Waals surface area contributed by atoms with Gasteiger partial charge in [0.05, 0.1) is 12.8 Å². The first-order chi connectivity index (χ1) is 8.66. The number of hydrogen-bond acceptors (Lipinski definition) is 4. The fourth-order valence-electron chi connectivity index (χ4n) is 1.43. The van der Waals surface area contributed by atoms with Gasteiger partial charge in [0.2, 0.25) is 0 Å². The fraction of sp³-hybridized carbons (Fsp3) is 0.167. The van der Waals surface area contributed by atoms with Gasteiger partial charge in [0.25, 0.3) is 0 Å². The summed E-state index contributed by atoms with van der Waals surface area (Å²) in [5.41, 5.74) is 0.917. The quantitative estimate of drug-likeness (QED) is 0.902. The minimum atomic E-state index is -1.09. The van der Waals surface area contributed by atoms with E-state index in [1.54, 1.807) is 12.1 Å². The van der Waals surface area contributed by atoms with Crippen molar-refractivity contribution in [3.8, 4) is 0 Å². The first kappa shape index (κ1) is 12.6. The molecule has 1 N–H and O–H groups in total. The molecule has 0 saturated carbocycles. The van der Waals surface area contributed by atoms with Gasteiger partial charge in [0.15, 0.2) is 5.76 Å². The summed E-state index contributed by atoms with van der Waals surface area (Å²) < 4.78 is 10.2. The Morgan fingerprint density at radius 1 is 1.44 bits per heavy atom. The van der Waals surface area contributed by atoms with Crippen LogP contribution < -0.4 is 0 Å². The molecule has 1 aromatic heterocycles. The standard InChI is InChI=1S/C12H10ClNO4/c13-9-3-1-2-8(4-9)6-17-7-11-10(12(15)16)5-14-18-11/h1-5H,6-7H2,(H,15,16). The molecule has 0 radical (unpaired) electrons. The summed E-state index contributed by atoms with van der Waals surface area (Å²) >= 11 is 5.83. The number of halogens is 1. The molecule has 0 unspecified atom stereocenters. The summed E-state index contributed by atoms with van der Waals surface area (Å²) in [6, 6.07) is 7.23. The van der Waals surface area contributed by atoms with Gasteiger partial charge in [0.1, 0.15) is 12.2 Å². The van der Waals surface area contributed by atoms with Crippen molar-refractivity contribution in [1.29, 1.82) is 0 Å². The number of nitrogens with zero attached hydrogens (tertiary/aromatic N) is 1. The first-order valence-electron chi connectivity index (χ1n) is 5.16. The van der Waals surface area contributed by atoms with E-state index in [0.717, 1.165) is 11.8 Å². The molecule has 18 heavy (non-hydrogen) atoms. The molecule has 2 rings (SSSR count). The number of hydrogen-bond donors (Lipinski definition) is 1. The van der Waals surface area contributed by atoms with Crippen molar-refractivity contribution >= 4 is 17.6 Å². The third-order valence-corrected chi connectivity index (χ3v) is 2.50.